The molecule has 1 heteroatoms. The van der Waals surface area contributed by atoms with Gasteiger partial charge in [0.25, 0.3) is 0 Å². The monoisotopic (exact) mass is 363 g/mol. The number of hydrogen-bond acceptors (Lipinski definition) is 1. The third kappa shape index (κ3) is 3.84. The Morgan fingerprint density at radius 3 is 1.75 bits per heavy atom. The van der Waals surface area contributed by atoms with Crippen molar-refractivity contribution in [3.8, 4) is 11.1 Å². The minimum Gasteiger partial charge on any atom is -0.356 e. The highest BCUT2D eigenvalue weighted by atomic mass is 14.9. The van der Waals surface area contributed by atoms with E-state index in [1.54, 1.807) is 0 Å². The van der Waals surface area contributed by atoms with Gasteiger partial charge in [-0.1, -0.05) is 98.8 Å². The maximum Gasteiger partial charge on any atom is 0.0387 e. The van der Waals surface area contributed by atoms with Crippen molar-refractivity contribution in [1.82, 2.24) is 0 Å². The fourth-order valence-electron chi connectivity index (χ4n) is 3.55. The molecule has 0 aliphatic carbocycles. The maximum atomic E-state index is 3.55. The van der Waals surface area contributed by atoms with Crippen LogP contribution in [0.2, 0.25) is 0 Å². The van der Waals surface area contributed by atoms with E-state index >= 15 is 0 Å². The van der Waals surface area contributed by atoms with Crippen LogP contribution in [-0.4, -0.2) is 0 Å². The number of anilines is 2. The van der Waals surface area contributed by atoms with E-state index in [9.17, 15) is 0 Å². The molecule has 0 radical (unpaired) electrons. The predicted molar refractivity (Wildman–Crippen MR) is 120 cm³/mol. The van der Waals surface area contributed by atoms with Gasteiger partial charge < -0.3 is 5.32 Å². The predicted octanol–water partition coefficient (Wildman–Crippen LogP) is 7.42. The van der Waals surface area contributed by atoms with Gasteiger partial charge in [0, 0.05) is 16.8 Å². The van der Waals surface area contributed by atoms with E-state index in [2.05, 4.69) is 122 Å². The van der Waals surface area contributed by atoms with Crippen molar-refractivity contribution in [3.05, 3.63) is 120 Å². The summed E-state index contributed by atoms with van der Waals surface area (Å²) in [5, 5.41) is 3.55. The molecule has 0 aliphatic rings. The molecule has 1 N–H and O–H groups in total. The van der Waals surface area contributed by atoms with E-state index < -0.39 is 0 Å². The lowest BCUT2D eigenvalue weighted by atomic mass is 9.78. The number of rotatable bonds is 5. The van der Waals surface area contributed by atoms with Crippen molar-refractivity contribution >= 4 is 11.4 Å². The molecular weight excluding hydrogens is 338 g/mol. The van der Waals surface area contributed by atoms with Crippen LogP contribution in [0.4, 0.5) is 11.4 Å². The van der Waals surface area contributed by atoms with Crippen molar-refractivity contribution < 1.29 is 0 Å². The maximum absolute atomic E-state index is 3.55. The second-order valence-corrected chi connectivity index (χ2v) is 7.64. The van der Waals surface area contributed by atoms with Gasteiger partial charge >= 0.3 is 0 Å². The molecule has 138 valence electrons. The fraction of sp³-hybridized carbons (Fsp3) is 0.111. The molecule has 4 aromatic rings. The molecule has 0 spiro atoms. The smallest absolute Gasteiger partial charge is 0.0387 e. The highest BCUT2D eigenvalue weighted by Gasteiger charge is 2.22. The Bertz CT molecular complexity index is 1030. The van der Waals surface area contributed by atoms with Gasteiger partial charge in [-0.25, -0.2) is 0 Å². The number of hydrogen-bond donors (Lipinski definition) is 1. The molecule has 1 nitrogen and oxygen atoms in total. The normalized spacial score (nSPS) is 11.2. The summed E-state index contributed by atoms with van der Waals surface area (Å²) in [6, 6.07) is 38.4. The van der Waals surface area contributed by atoms with Crippen molar-refractivity contribution in [2.75, 3.05) is 5.32 Å². The SMILES string of the molecule is CC(C)(c1ccccc1)c1cccc(Nc2ccc(-c3ccccc3)cc2)c1. The zero-order valence-electron chi connectivity index (χ0n) is 16.4. The molecular formula is C27H25N. The van der Waals surface area contributed by atoms with Crippen molar-refractivity contribution in [2.45, 2.75) is 19.3 Å². The molecule has 28 heavy (non-hydrogen) atoms. The van der Waals surface area contributed by atoms with Crippen LogP contribution in [0.1, 0.15) is 25.0 Å². The molecule has 0 atom stereocenters. The van der Waals surface area contributed by atoms with E-state index in [1.165, 1.54) is 22.3 Å². The van der Waals surface area contributed by atoms with Crippen LogP contribution in [0.3, 0.4) is 0 Å². The summed E-state index contributed by atoms with van der Waals surface area (Å²) in [5.41, 5.74) is 7.23. The zero-order valence-corrected chi connectivity index (χ0v) is 16.4. The van der Waals surface area contributed by atoms with Gasteiger partial charge in [-0.15, -0.1) is 0 Å². The standard InChI is InChI=1S/C27H25N/c1-27(2,23-12-7-4-8-13-23)24-14-9-15-26(20-24)28-25-18-16-22(17-19-25)21-10-5-3-6-11-21/h3-20,28H,1-2H3. The lowest BCUT2D eigenvalue weighted by Crippen LogP contribution is -2.18. The van der Waals surface area contributed by atoms with Gasteiger partial charge in [0.1, 0.15) is 0 Å². The molecule has 0 fully saturated rings. The summed E-state index contributed by atoms with van der Waals surface area (Å²) in [6.45, 7) is 4.55. The average molecular weight is 364 g/mol. The van der Waals surface area contributed by atoms with E-state index in [0.29, 0.717) is 0 Å². The molecule has 0 aliphatic heterocycles. The summed E-state index contributed by atoms with van der Waals surface area (Å²) in [5.74, 6) is 0. The topological polar surface area (TPSA) is 12.0 Å². The average Bonchev–Trinajstić information content (AvgIpc) is 2.76. The summed E-state index contributed by atoms with van der Waals surface area (Å²) in [6.07, 6.45) is 0. The molecule has 0 saturated carbocycles. The van der Waals surface area contributed by atoms with E-state index in [1.807, 2.05) is 6.07 Å². The van der Waals surface area contributed by atoms with Crippen LogP contribution in [0.25, 0.3) is 11.1 Å². The third-order valence-electron chi connectivity index (χ3n) is 5.36. The van der Waals surface area contributed by atoms with Crippen molar-refractivity contribution in [3.63, 3.8) is 0 Å². The quantitative estimate of drug-likeness (QED) is 0.389. The van der Waals surface area contributed by atoms with Crippen LogP contribution in [0.15, 0.2) is 109 Å². The Balaban J connectivity index is 1.56. The minimum absolute atomic E-state index is 0.0455. The minimum atomic E-state index is -0.0455. The summed E-state index contributed by atoms with van der Waals surface area (Å²) in [4.78, 5) is 0. The lowest BCUT2D eigenvalue weighted by Gasteiger charge is -2.26. The fourth-order valence-corrected chi connectivity index (χ4v) is 3.55. The largest absolute Gasteiger partial charge is 0.356 e. The molecule has 0 bridgehead atoms. The Kier molecular flexibility index (Phi) is 4.99. The third-order valence-corrected chi connectivity index (χ3v) is 5.36. The molecule has 0 heterocycles. The first-order valence-corrected chi connectivity index (χ1v) is 9.71. The number of nitrogens with one attached hydrogen (secondary N) is 1. The van der Waals surface area contributed by atoms with E-state index in [-0.39, 0.29) is 5.41 Å². The van der Waals surface area contributed by atoms with Gasteiger partial charge in [-0.3, -0.25) is 0 Å². The first-order chi connectivity index (χ1) is 13.6. The zero-order chi connectivity index (χ0) is 19.4. The van der Waals surface area contributed by atoms with Gasteiger partial charge in [0.15, 0.2) is 0 Å². The van der Waals surface area contributed by atoms with Crippen LogP contribution in [0, 0.1) is 0 Å². The van der Waals surface area contributed by atoms with Crippen LogP contribution in [0.5, 0.6) is 0 Å². The summed E-state index contributed by atoms with van der Waals surface area (Å²) in [7, 11) is 0. The van der Waals surface area contributed by atoms with Gasteiger partial charge in [-0.05, 0) is 46.5 Å². The Morgan fingerprint density at radius 1 is 0.500 bits per heavy atom. The van der Waals surface area contributed by atoms with Crippen molar-refractivity contribution in [2.24, 2.45) is 0 Å². The highest BCUT2D eigenvalue weighted by molar-refractivity contribution is 5.68. The van der Waals surface area contributed by atoms with Gasteiger partial charge in [-0.2, -0.15) is 0 Å². The van der Waals surface area contributed by atoms with E-state index in [4.69, 9.17) is 0 Å². The van der Waals surface area contributed by atoms with Crippen molar-refractivity contribution in [1.29, 1.82) is 0 Å². The second kappa shape index (κ2) is 7.74. The Labute approximate surface area is 167 Å². The molecule has 4 rings (SSSR count). The Morgan fingerprint density at radius 2 is 1.07 bits per heavy atom. The molecule has 0 aromatic heterocycles. The lowest BCUT2D eigenvalue weighted by molar-refractivity contribution is 0.641. The summed E-state index contributed by atoms with van der Waals surface area (Å²) >= 11 is 0. The highest BCUT2D eigenvalue weighted by Crippen LogP contribution is 2.33. The van der Waals surface area contributed by atoms with Gasteiger partial charge in [0.2, 0.25) is 0 Å². The molecule has 0 amide bonds. The van der Waals surface area contributed by atoms with Crippen LogP contribution >= 0.6 is 0 Å². The summed E-state index contributed by atoms with van der Waals surface area (Å²) < 4.78 is 0. The van der Waals surface area contributed by atoms with Crippen LogP contribution < -0.4 is 5.32 Å². The first kappa shape index (κ1) is 18.1. The first-order valence-electron chi connectivity index (χ1n) is 9.71. The molecule has 4 aromatic carbocycles. The van der Waals surface area contributed by atoms with E-state index in [0.717, 1.165) is 11.4 Å². The molecule has 0 saturated heterocycles. The van der Waals surface area contributed by atoms with Gasteiger partial charge in [0.05, 0.1) is 0 Å². The molecule has 0 unspecified atom stereocenters. The number of benzene rings is 4. The Hall–Kier alpha value is -3.32. The second-order valence-electron chi connectivity index (χ2n) is 7.64. The van der Waals surface area contributed by atoms with Crippen LogP contribution in [-0.2, 0) is 5.41 Å².